The van der Waals surface area contributed by atoms with Crippen molar-refractivity contribution in [1.82, 2.24) is 5.32 Å². The number of rotatable bonds is 7. The van der Waals surface area contributed by atoms with Crippen LogP contribution in [0.1, 0.15) is 39.2 Å². The van der Waals surface area contributed by atoms with Crippen molar-refractivity contribution < 1.29 is 9.59 Å². The van der Waals surface area contributed by atoms with Crippen LogP contribution in [0, 0.1) is 5.41 Å². The molecule has 0 spiro atoms. The Balaban J connectivity index is 2.62. The summed E-state index contributed by atoms with van der Waals surface area (Å²) < 4.78 is 0. The molecule has 5 nitrogen and oxygen atoms in total. The summed E-state index contributed by atoms with van der Waals surface area (Å²) in [5.41, 5.74) is 7.02. The van der Waals surface area contributed by atoms with Crippen molar-refractivity contribution in [2.24, 2.45) is 11.1 Å². The Hall–Kier alpha value is -1.88. The fourth-order valence-corrected chi connectivity index (χ4v) is 2.23. The molecule has 0 saturated carbocycles. The summed E-state index contributed by atoms with van der Waals surface area (Å²) >= 11 is 0. The summed E-state index contributed by atoms with van der Waals surface area (Å²) in [5, 5.41) is 5.65. The van der Waals surface area contributed by atoms with Gasteiger partial charge in [-0.25, -0.2) is 0 Å². The first kappa shape index (κ1) is 17.2. The zero-order valence-corrected chi connectivity index (χ0v) is 13.0. The second kappa shape index (κ2) is 7.78. The molecule has 2 amide bonds. The van der Waals surface area contributed by atoms with Gasteiger partial charge in [0.15, 0.2) is 0 Å². The molecule has 1 aromatic rings. The molecule has 0 bridgehead atoms. The molecule has 0 atom stereocenters. The lowest BCUT2D eigenvalue weighted by Crippen LogP contribution is -2.45. The molecule has 0 heterocycles. The summed E-state index contributed by atoms with van der Waals surface area (Å²) in [7, 11) is 0. The Morgan fingerprint density at radius 1 is 1.14 bits per heavy atom. The van der Waals surface area contributed by atoms with E-state index in [1.54, 1.807) is 0 Å². The van der Waals surface area contributed by atoms with Gasteiger partial charge in [0.25, 0.3) is 0 Å². The zero-order valence-electron chi connectivity index (χ0n) is 13.0. The van der Waals surface area contributed by atoms with Crippen molar-refractivity contribution in [1.29, 1.82) is 0 Å². The van der Waals surface area contributed by atoms with Gasteiger partial charge < -0.3 is 16.4 Å². The number of nitrogens with one attached hydrogen (secondary N) is 2. The molecule has 1 aromatic carbocycles. The number of anilines is 1. The first-order chi connectivity index (χ1) is 9.97. The van der Waals surface area contributed by atoms with Gasteiger partial charge in [0.1, 0.15) is 0 Å². The summed E-state index contributed by atoms with van der Waals surface area (Å²) in [6.07, 6.45) is 1.46. The lowest BCUT2D eigenvalue weighted by atomic mass is 9.81. The minimum absolute atomic E-state index is 0.000868. The van der Waals surface area contributed by atoms with Crippen molar-refractivity contribution >= 4 is 17.5 Å². The van der Waals surface area contributed by atoms with Crippen LogP contribution in [0.5, 0.6) is 0 Å². The van der Waals surface area contributed by atoms with E-state index in [4.69, 9.17) is 5.73 Å². The normalized spacial score (nSPS) is 11.0. The minimum Gasteiger partial charge on any atom is -0.352 e. The van der Waals surface area contributed by atoms with Crippen LogP contribution < -0.4 is 16.4 Å². The van der Waals surface area contributed by atoms with Crippen molar-refractivity contribution in [3.8, 4) is 0 Å². The van der Waals surface area contributed by atoms with E-state index in [1.807, 2.05) is 38.1 Å². The fourth-order valence-electron chi connectivity index (χ4n) is 2.23. The van der Waals surface area contributed by atoms with Gasteiger partial charge in [-0.3, -0.25) is 9.59 Å². The second-order valence-electron chi connectivity index (χ2n) is 5.25. The van der Waals surface area contributed by atoms with E-state index in [9.17, 15) is 9.59 Å². The Morgan fingerprint density at radius 2 is 1.71 bits per heavy atom. The average molecular weight is 291 g/mol. The molecule has 0 aliphatic carbocycles. The lowest BCUT2D eigenvalue weighted by molar-refractivity contribution is -0.131. The molecule has 0 aliphatic rings. The highest BCUT2D eigenvalue weighted by molar-refractivity contribution is 5.88. The first-order valence-electron chi connectivity index (χ1n) is 7.32. The maximum absolute atomic E-state index is 12.3. The molecule has 21 heavy (non-hydrogen) atoms. The van der Waals surface area contributed by atoms with Crippen molar-refractivity contribution in [2.45, 2.75) is 40.2 Å². The summed E-state index contributed by atoms with van der Waals surface area (Å²) in [4.78, 5) is 23.2. The van der Waals surface area contributed by atoms with Gasteiger partial charge in [-0.2, -0.15) is 0 Å². The molecule has 5 heteroatoms. The third kappa shape index (κ3) is 4.56. The molecular formula is C16H25N3O2. The minimum atomic E-state index is -0.476. The molecule has 0 unspecified atom stereocenters. The van der Waals surface area contributed by atoms with Crippen LogP contribution in [-0.4, -0.2) is 18.4 Å². The largest absolute Gasteiger partial charge is 0.352 e. The maximum Gasteiger partial charge on any atom is 0.227 e. The number of nitrogens with two attached hydrogens (primary N) is 1. The highest BCUT2D eigenvalue weighted by Gasteiger charge is 2.32. The number of hydrogen-bond donors (Lipinski definition) is 3. The topological polar surface area (TPSA) is 84.2 Å². The molecule has 0 aromatic heterocycles. The Bertz CT molecular complexity index is 471. The van der Waals surface area contributed by atoms with Crippen LogP contribution in [0.3, 0.4) is 0 Å². The van der Waals surface area contributed by atoms with Gasteiger partial charge in [-0.1, -0.05) is 26.0 Å². The standard InChI is InChI=1S/C16H25N3O2/c1-4-16(5-2,11-17)15(21)18-10-13-6-8-14(9-7-13)19-12(3)20/h6-9H,4-5,10-11,17H2,1-3H3,(H,18,21)(H,19,20). The van der Waals surface area contributed by atoms with Crippen LogP contribution >= 0.6 is 0 Å². The molecule has 4 N–H and O–H groups in total. The van der Waals surface area contributed by atoms with E-state index >= 15 is 0 Å². The molecule has 0 radical (unpaired) electrons. The van der Waals surface area contributed by atoms with Crippen molar-refractivity contribution in [3.05, 3.63) is 29.8 Å². The Labute approximate surface area is 126 Å². The van der Waals surface area contributed by atoms with E-state index in [1.165, 1.54) is 6.92 Å². The van der Waals surface area contributed by atoms with Crippen LogP contribution in [0.15, 0.2) is 24.3 Å². The molecule has 0 aliphatic heterocycles. The van der Waals surface area contributed by atoms with E-state index in [0.29, 0.717) is 13.1 Å². The third-order valence-electron chi connectivity index (χ3n) is 3.95. The van der Waals surface area contributed by atoms with Gasteiger partial charge in [0, 0.05) is 25.7 Å². The van der Waals surface area contributed by atoms with Crippen LogP contribution in [-0.2, 0) is 16.1 Å². The van der Waals surface area contributed by atoms with Crippen LogP contribution in [0.25, 0.3) is 0 Å². The average Bonchev–Trinajstić information content (AvgIpc) is 2.48. The molecule has 0 saturated heterocycles. The number of hydrogen-bond acceptors (Lipinski definition) is 3. The smallest absolute Gasteiger partial charge is 0.227 e. The van der Waals surface area contributed by atoms with Gasteiger partial charge >= 0.3 is 0 Å². The number of amides is 2. The van der Waals surface area contributed by atoms with E-state index in [-0.39, 0.29) is 11.8 Å². The van der Waals surface area contributed by atoms with Crippen molar-refractivity contribution in [2.75, 3.05) is 11.9 Å². The highest BCUT2D eigenvalue weighted by atomic mass is 16.2. The predicted octanol–water partition coefficient (Wildman–Crippen LogP) is 2.03. The quantitative estimate of drug-likeness (QED) is 0.718. The summed E-state index contributed by atoms with van der Waals surface area (Å²) in [6.45, 7) is 6.25. The molecular weight excluding hydrogens is 266 g/mol. The maximum atomic E-state index is 12.3. The Kier molecular flexibility index (Phi) is 6.37. The van der Waals surface area contributed by atoms with Crippen molar-refractivity contribution in [3.63, 3.8) is 0 Å². The summed E-state index contributed by atoms with van der Waals surface area (Å²) in [6, 6.07) is 7.40. The van der Waals surface area contributed by atoms with Gasteiger partial charge in [-0.05, 0) is 30.5 Å². The van der Waals surface area contributed by atoms with E-state index in [2.05, 4.69) is 10.6 Å². The second-order valence-corrected chi connectivity index (χ2v) is 5.25. The summed E-state index contributed by atoms with van der Waals surface area (Å²) in [5.74, 6) is -0.101. The van der Waals surface area contributed by atoms with E-state index in [0.717, 1.165) is 24.1 Å². The van der Waals surface area contributed by atoms with Gasteiger partial charge in [0.05, 0.1) is 5.41 Å². The Morgan fingerprint density at radius 3 is 2.14 bits per heavy atom. The van der Waals surface area contributed by atoms with Gasteiger partial charge in [-0.15, -0.1) is 0 Å². The predicted molar refractivity (Wildman–Crippen MR) is 84.7 cm³/mol. The highest BCUT2D eigenvalue weighted by Crippen LogP contribution is 2.25. The SMILES string of the molecule is CCC(CC)(CN)C(=O)NCc1ccc(NC(C)=O)cc1. The molecule has 0 fully saturated rings. The van der Waals surface area contributed by atoms with E-state index < -0.39 is 5.41 Å². The monoisotopic (exact) mass is 291 g/mol. The molecule has 1 rings (SSSR count). The first-order valence-corrected chi connectivity index (χ1v) is 7.32. The molecule has 116 valence electrons. The number of carbonyl (C=O) groups excluding carboxylic acids is 2. The van der Waals surface area contributed by atoms with Gasteiger partial charge in [0.2, 0.25) is 11.8 Å². The number of benzene rings is 1. The fraction of sp³-hybridized carbons (Fsp3) is 0.500. The third-order valence-corrected chi connectivity index (χ3v) is 3.95. The lowest BCUT2D eigenvalue weighted by Gasteiger charge is -2.28. The van der Waals surface area contributed by atoms with Crippen LogP contribution in [0.2, 0.25) is 0 Å². The van der Waals surface area contributed by atoms with Crippen LogP contribution in [0.4, 0.5) is 5.69 Å². The number of carbonyl (C=O) groups is 2. The zero-order chi connectivity index (χ0) is 15.9.